The Labute approximate surface area is 193 Å². The molecule has 154 valence electrons. The van der Waals surface area contributed by atoms with Crippen LogP contribution in [0.5, 0.6) is 0 Å². The molecule has 0 atom stereocenters. The van der Waals surface area contributed by atoms with Gasteiger partial charge in [0.15, 0.2) is 0 Å². The van der Waals surface area contributed by atoms with Crippen LogP contribution in [0.3, 0.4) is 0 Å². The topological polar surface area (TPSA) is 74.5 Å². The summed E-state index contributed by atoms with van der Waals surface area (Å²) >= 11 is 12.3. The molecule has 0 saturated heterocycles. The Morgan fingerprint density at radius 3 is 2.41 bits per heavy atom. The van der Waals surface area contributed by atoms with Crippen LogP contribution in [0.2, 0.25) is 10.0 Å². The van der Waals surface area contributed by atoms with E-state index < -0.39 is 0 Å². The molecule has 0 spiro atoms. The van der Waals surface area contributed by atoms with Crippen LogP contribution in [0, 0.1) is 11.3 Å². The summed E-state index contributed by atoms with van der Waals surface area (Å²) in [5.41, 5.74) is 3.93. The maximum atomic E-state index is 13.5. The number of fused-ring (bicyclic) bond motifs is 1. The van der Waals surface area contributed by atoms with Crippen molar-refractivity contribution in [2.75, 3.05) is 0 Å². The number of aromatic amines is 1. The van der Waals surface area contributed by atoms with Crippen molar-refractivity contribution in [3.8, 4) is 34.3 Å². The summed E-state index contributed by atoms with van der Waals surface area (Å²) in [5, 5.41) is 10.4. The van der Waals surface area contributed by atoms with Crippen LogP contribution in [-0.4, -0.2) is 14.5 Å². The minimum Gasteiger partial charge on any atom is -0.338 e. The summed E-state index contributed by atoms with van der Waals surface area (Å²) in [7, 11) is 0. The van der Waals surface area contributed by atoms with Crippen molar-refractivity contribution >= 4 is 34.2 Å². The number of H-pyrrole nitrogens is 1. The van der Waals surface area contributed by atoms with Gasteiger partial charge < -0.3 is 4.98 Å². The molecule has 2 heterocycles. The van der Waals surface area contributed by atoms with Gasteiger partial charge in [0, 0.05) is 28.6 Å². The van der Waals surface area contributed by atoms with E-state index in [-0.39, 0.29) is 5.56 Å². The molecule has 0 radical (unpaired) electrons. The molecule has 32 heavy (non-hydrogen) atoms. The Bertz CT molecular complexity index is 1540. The van der Waals surface area contributed by atoms with Gasteiger partial charge in [0.25, 0.3) is 5.56 Å². The average molecular weight is 457 g/mol. The Kier molecular flexibility index (Phi) is 5.02. The lowest BCUT2D eigenvalue weighted by molar-refractivity contribution is 0.992. The Hall–Kier alpha value is -3.85. The minimum atomic E-state index is -0.232. The molecular formula is C25H14Cl2N4O. The predicted octanol–water partition coefficient (Wildman–Crippen LogP) is 6.23. The normalized spacial score (nSPS) is 10.9. The summed E-state index contributed by atoms with van der Waals surface area (Å²) in [4.78, 5) is 21.4. The van der Waals surface area contributed by atoms with Crippen molar-refractivity contribution in [1.82, 2.24) is 14.5 Å². The van der Waals surface area contributed by atoms with Crippen molar-refractivity contribution in [2.45, 2.75) is 0 Å². The third kappa shape index (κ3) is 3.46. The molecule has 0 amide bonds. The SMILES string of the molecule is N#Cc1ccccc1-c1cc(-c2nc3cc(Cl)c(Cl)cc3[nH]2)cn(-c2ccccc2)c1=O. The predicted molar refractivity (Wildman–Crippen MR) is 127 cm³/mol. The Balaban J connectivity index is 1.80. The van der Waals surface area contributed by atoms with Gasteiger partial charge in [0.2, 0.25) is 0 Å². The van der Waals surface area contributed by atoms with Crippen LogP contribution in [0.15, 0.2) is 83.8 Å². The lowest BCUT2D eigenvalue weighted by Gasteiger charge is -2.12. The van der Waals surface area contributed by atoms with Crippen molar-refractivity contribution in [3.05, 3.63) is 105 Å². The highest BCUT2D eigenvalue weighted by molar-refractivity contribution is 6.42. The fourth-order valence-corrected chi connectivity index (χ4v) is 3.96. The highest BCUT2D eigenvalue weighted by Gasteiger charge is 2.16. The molecule has 7 heteroatoms. The van der Waals surface area contributed by atoms with E-state index in [9.17, 15) is 10.1 Å². The lowest BCUT2D eigenvalue weighted by atomic mass is 10.00. The zero-order valence-electron chi connectivity index (χ0n) is 16.5. The summed E-state index contributed by atoms with van der Waals surface area (Å²) < 4.78 is 1.56. The summed E-state index contributed by atoms with van der Waals surface area (Å²) in [6.45, 7) is 0. The van der Waals surface area contributed by atoms with Gasteiger partial charge in [-0.2, -0.15) is 5.26 Å². The van der Waals surface area contributed by atoms with Crippen LogP contribution in [0.4, 0.5) is 0 Å². The largest absolute Gasteiger partial charge is 0.338 e. The van der Waals surface area contributed by atoms with Gasteiger partial charge in [-0.3, -0.25) is 9.36 Å². The number of rotatable bonds is 3. The van der Waals surface area contributed by atoms with Crippen LogP contribution < -0.4 is 5.56 Å². The number of imidazole rings is 1. The number of aromatic nitrogens is 3. The zero-order chi connectivity index (χ0) is 22.2. The highest BCUT2D eigenvalue weighted by Crippen LogP contribution is 2.30. The average Bonchev–Trinajstić information content (AvgIpc) is 3.22. The Morgan fingerprint density at radius 2 is 1.62 bits per heavy atom. The molecule has 2 aromatic heterocycles. The quantitative estimate of drug-likeness (QED) is 0.349. The number of nitrogens with zero attached hydrogens (tertiary/aromatic N) is 3. The number of pyridine rings is 1. The first-order valence-corrected chi connectivity index (χ1v) is 10.5. The molecule has 0 saturated carbocycles. The first kappa shape index (κ1) is 20.1. The molecule has 0 aliphatic heterocycles. The summed E-state index contributed by atoms with van der Waals surface area (Å²) in [6, 6.07) is 23.7. The number of hydrogen-bond donors (Lipinski definition) is 1. The number of nitrogens with one attached hydrogen (secondary N) is 1. The summed E-state index contributed by atoms with van der Waals surface area (Å²) in [6.07, 6.45) is 1.73. The zero-order valence-corrected chi connectivity index (χ0v) is 18.0. The van der Waals surface area contributed by atoms with E-state index in [4.69, 9.17) is 23.2 Å². The standard InChI is InChI=1S/C25H14Cl2N4O/c26-20-11-22-23(12-21(20)27)30-24(29-22)16-10-19(18-9-5-4-6-15(18)13-28)25(32)31(14-16)17-7-2-1-3-8-17/h1-12,14H,(H,29,30). The van der Waals surface area contributed by atoms with E-state index in [2.05, 4.69) is 16.0 Å². The monoisotopic (exact) mass is 456 g/mol. The van der Waals surface area contributed by atoms with E-state index >= 15 is 0 Å². The first-order valence-electron chi connectivity index (χ1n) is 9.72. The van der Waals surface area contributed by atoms with Gasteiger partial charge in [0.1, 0.15) is 5.82 Å². The molecule has 5 nitrogen and oxygen atoms in total. The van der Waals surface area contributed by atoms with Crippen molar-refractivity contribution in [2.24, 2.45) is 0 Å². The fourth-order valence-electron chi connectivity index (χ4n) is 3.64. The molecule has 0 aliphatic rings. The molecule has 5 aromatic rings. The number of para-hydroxylation sites is 1. The van der Waals surface area contributed by atoms with E-state index in [1.807, 2.05) is 30.3 Å². The number of hydrogen-bond acceptors (Lipinski definition) is 3. The van der Waals surface area contributed by atoms with Gasteiger partial charge in [-0.1, -0.05) is 59.6 Å². The molecule has 3 aromatic carbocycles. The second kappa shape index (κ2) is 8.01. The maximum absolute atomic E-state index is 13.5. The van der Waals surface area contributed by atoms with Crippen LogP contribution in [0.25, 0.3) is 39.2 Å². The minimum absolute atomic E-state index is 0.232. The van der Waals surface area contributed by atoms with Gasteiger partial charge in [-0.05, 0) is 36.4 Å². The second-order valence-corrected chi connectivity index (χ2v) is 7.99. The molecule has 0 aliphatic carbocycles. The molecule has 0 fully saturated rings. The number of benzene rings is 3. The Morgan fingerprint density at radius 1 is 0.906 bits per heavy atom. The third-order valence-electron chi connectivity index (χ3n) is 5.19. The van der Waals surface area contributed by atoms with Gasteiger partial charge in [0.05, 0.1) is 32.7 Å². The fraction of sp³-hybridized carbons (Fsp3) is 0. The summed E-state index contributed by atoms with van der Waals surface area (Å²) in [5.74, 6) is 0.554. The maximum Gasteiger partial charge on any atom is 0.263 e. The molecule has 1 N–H and O–H groups in total. The number of halogens is 2. The van der Waals surface area contributed by atoms with Crippen LogP contribution >= 0.6 is 23.2 Å². The van der Waals surface area contributed by atoms with Gasteiger partial charge in [-0.15, -0.1) is 0 Å². The first-order chi connectivity index (χ1) is 15.5. The van der Waals surface area contributed by atoms with Gasteiger partial charge >= 0.3 is 0 Å². The van der Waals surface area contributed by atoms with Crippen molar-refractivity contribution < 1.29 is 0 Å². The molecule has 0 bridgehead atoms. The smallest absolute Gasteiger partial charge is 0.263 e. The molecule has 5 rings (SSSR count). The van der Waals surface area contributed by atoms with Crippen LogP contribution in [-0.2, 0) is 0 Å². The van der Waals surface area contributed by atoms with E-state index in [1.165, 1.54) is 0 Å². The molecular weight excluding hydrogens is 443 g/mol. The third-order valence-corrected chi connectivity index (χ3v) is 5.91. The number of nitriles is 1. The highest BCUT2D eigenvalue weighted by atomic mass is 35.5. The second-order valence-electron chi connectivity index (χ2n) is 7.18. The molecule has 0 unspecified atom stereocenters. The van der Waals surface area contributed by atoms with E-state index in [0.29, 0.717) is 49.3 Å². The van der Waals surface area contributed by atoms with Crippen LogP contribution in [0.1, 0.15) is 5.56 Å². The van der Waals surface area contributed by atoms with Gasteiger partial charge in [-0.25, -0.2) is 4.98 Å². The van der Waals surface area contributed by atoms with Crippen molar-refractivity contribution in [3.63, 3.8) is 0 Å². The lowest BCUT2D eigenvalue weighted by Crippen LogP contribution is -2.20. The van der Waals surface area contributed by atoms with Crippen molar-refractivity contribution in [1.29, 1.82) is 5.26 Å². The van der Waals surface area contributed by atoms with E-state index in [1.54, 1.807) is 53.2 Å². The van der Waals surface area contributed by atoms with E-state index in [0.717, 1.165) is 5.52 Å².